The fourth-order valence-corrected chi connectivity index (χ4v) is 2.28. The molecular formula is C15H23N3OS. The van der Waals surface area contributed by atoms with E-state index in [1.165, 1.54) is 19.3 Å². The van der Waals surface area contributed by atoms with Gasteiger partial charge in [0.15, 0.2) is 5.11 Å². The van der Waals surface area contributed by atoms with Crippen LogP contribution in [-0.2, 0) is 0 Å². The van der Waals surface area contributed by atoms with Crippen molar-refractivity contribution in [2.24, 2.45) is 11.0 Å². The summed E-state index contributed by atoms with van der Waals surface area (Å²) in [7, 11) is 0. The highest BCUT2D eigenvalue weighted by Crippen LogP contribution is 2.47. The average molecular weight is 293 g/mol. The molecule has 1 fully saturated rings. The van der Waals surface area contributed by atoms with Gasteiger partial charge in [0.2, 0.25) is 0 Å². The fraction of sp³-hybridized carbons (Fsp3) is 0.600. The molecule has 0 aromatic carbocycles. The number of rotatable bonds is 7. The minimum Gasteiger partial charge on any atom is -0.460 e. The Balaban J connectivity index is 1.67. The zero-order valence-electron chi connectivity index (χ0n) is 12.2. The number of hydrogen-bond acceptors (Lipinski definition) is 3. The molecule has 2 N–H and O–H groups in total. The first-order valence-corrected chi connectivity index (χ1v) is 7.78. The van der Waals surface area contributed by atoms with Gasteiger partial charge in [-0.1, -0.05) is 26.7 Å². The lowest BCUT2D eigenvalue weighted by Gasteiger charge is -2.05. The molecule has 0 amide bonds. The van der Waals surface area contributed by atoms with Gasteiger partial charge in [0.25, 0.3) is 0 Å². The Kier molecular flexibility index (Phi) is 5.59. The van der Waals surface area contributed by atoms with Crippen molar-refractivity contribution < 1.29 is 4.42 Å². The molecule has 4 nitrogen and oxygen atoms in total. The second-order valence-corrected chi connectivity index (χ2v) is 5.80. The van der Waals surface area contributed by atoms with Gasteiger partial charge in [0, 0.05) is 12.5 Å². The smallest absolute Gasteiger partial charge is 0.186 e. The summed E-state index contributed by atoms with van der Waals surface area (Å²) in [6, 6.07) is 3.99. The highest BCUT2D eigenvalue weighted by molar-refractivity contribution is 7.80. The van der Waals surface area contributed by atoms with Gasteiger partial charge in [-0.3, -0.25) is 5.43 Å². The third-order valence-corrected chi connectivity index (χ3v) is 3.78. The first-order valence-electron chi connectivity index (χ1n) is 7.37. The third kappa shape index (κ3) is 4.63. The molecule has 1 aliphatic carbocycles. The van der Waals surface area contributed by atoms with Gasteiger partial charge in [0.05, 0.1) is 6.21 Å². The van der Waals surface area contributed by atoms with E-state index < -0.39 is 0 Å². The summed E-state index contributed by atoms with van der Waals surface area (Å²) in [4.78, 5) is 0. The molecule has 1 heterocycles. The van der Waals surface area contributed by atoms with E-state index in [1.807, 2.05) is 12.1 Å². The largest absolute Gasteiger partial charge is 0.460 e. The first-order chi connectivity index (χ1) is 9.70. The van der Waals surface area contributed by atoms with E-state index in [0.29, 0.717) is 11.0 Å². The molecule has 2 atom stereocenters. The molecule has 1 aliphatic rings. The van der Waals surface area contributed by atoms with Crippen molar-refractivity contribution in [1.29, 1.82) is 0 Å². The van der Waals surface area contributed by atoms with Gasteiger partial charge in [-0.15, -0.1) is 0 Å². The Bertz CT molecular complexity index is 469. The maximum atomic E-state index is 5.72. The number of thiocarbonyl (C=S) groups is 1. The summed E-state index contributed by atoms with van der Waals surface area (Å²) >= 11 is 5.12. The lowest BCUT2D eigenvalue weighted by Crippen LogP contribution is -2.32. The van der Waals surface area contributed by atoms with Gasteiger partial charge < -0.3 is 9.73 Å². The molecule has 110 valence electrons. The van der Waals surface area contributed by atoms with Crippen LogP contribution in [0.25, 0.3) is 0 Å². The molecule has 0 spiro atoms. The number of hydrazone groups is 1. The molecule has 0 aliphatic heterocycles. The van der Waals surface area contributed by atoms with Crippen LogP contribution in [0.1, 0.15) is 57.0 Å². The zero-order valence-corrected chi connectivity index (χ0v) is 13.0. The van der Waals surface area contributed by atoms with E-state index in [2.05, 4.69) is 29.7 Å². The van der Waals surface area contributed by atoms with Crippen molar-refractivity contribution in [1.82, 2.24) is 10.7 Å². The summed E-state index contributed by atoms with van der Waals surface area (Å²) in [5.41, 5.74) is 2.80. The van der Waals surface area contributed by atoms with E-state index in [4.69, 9.17) is 16.6 Å². The lowest BCUT2D eigenvalue weighted by molar-refractivity contribution is 0.500. The predicted molar refractivity (Wildman–Crippen MR) is 86.1 cm³/mol. The minimum absolute atomic E-state index is 0.556. The summed E-state index contributed by atoms with van der Waals surface area (Å²) in [6.07, 6.45) is 6.45. The quantitative estimate of drug-likeness (QED) is 0.350. The molecule has 0 saturated heterocycles. The Hall–Kier alpha value is -1.36. The highest BCUT2D eigenvalue weighted by Gasteiger charge is 2.36. The number of unbranched alkanes of at least 4 members (excludes halogenated alkanes) is 2. The average Bonchev–Trinajstić information content (AvgIpc) is 2.98. The summed E-state index contributed by atoms with van der Waals surface area (Å²) < 4.78 is 5.72. The standard InChI is InChI=1S/C15H23N3OS/c1-3-4-5-8-16-15(20)18-17-10-12-6-7-14(19-12)13-9-11(13)2/h6-7,10-11,13H,3-5,8-9H2,1-2H3,(H2,16,18,20)/b17-10-/t11-,13+/m0/s1. The van der Waals surface area contributed by atoms with Crippen LogP contribution in [0.2, 0.25) is 0 Å². The summed E-state index contributed by atoms with van der Waals surface area (Å²) in [5, 5.41) is 7.75. The van der Waals surface area contributed by atoms with E-state index in [9.17, 15) is 0 Å². The molecule has 0 unspecified atom stereocenters. The monoisotopic (exact) mass is 293 g/mol. The minimum atomic E-state index is 0.556. The molecular weight excluding hydrogens is 270 g/mol. The van der Waals surface area contributed by atoms with Crippen molar-refractivity contribution in [3.63, 3.8) is 0 Å². The molecule has 0 radical (unpaired) electrons. The van der Waals surface area contributed by atoms with Crippen LogP contribution < -0.4 is 10.7 Å². The van der Waals surface area contributed by atoms with E-state index in [1.54, 1.807) is 6.21 Å². The molecule has 1 aromatic rings. The van der Waals surface area contributed by atoms with Crippen molar-refractivity contribution in [2.75, 3.05) is 6.54 Å². The van der Waals surface area contributed by atoms with Crippen molar-refractivity contribution >= 4 is 23.5 Å². The third-order valence-electron chi connectivity index (χ3n) is 3.55. The van der Waals surface area contributed by atoms with Crippen LogP contribution in [0.4, 0.5) is 0 Å². The number of nitrogens with one attached hydrogen (secondary N) is 2. The van der Waals surface area contributed by atoms with E-state index in [-0.39, 0.29) is 0 Å². The summed E-state index contributed by atoms with van der Waals surface area (Å²) in [5.74, 6) is 3.19. The molecule has 1 saturated carbocycles. The fourth-order valence-electron chi connectivity index (χ4n) is 2.13. The Morgan fingerprint density at radius 1 is 1.50 bits per heavy atom. The van der Waals surface area contributed by atoms with Crippen LogP contribution in [-0.4, -0.2) is 17.9 Å². The molecule has 20 heavy (non-hydrogen) atoms. The SMILES string of the molecule is CCCCCNC(=S)N/N=C\c1ccc([C@@H]2C[C@@H]2C)o1. The van der Waals surface area contributed by atoms with Gasteiger partial charge in [-0.05, 0) is 43.1 Å². The van der Waals surface area contributed by atoms with Gasteiger partial charge in [-0.25, -0.2) is 0 Å². The maximum absolute atomic E-state index is 5.72. The molecule has 0 bridgehead atoms. The van der Waals surface area contributed by atoms with Crippen LogP contribution in [0.15, 0.2) is 21.7 Å². The van der Waals surface area contributed by atoms with Gasteiger partial charge >= 0.3 is 0 Å². The number of furan rings is 1. The Labute approximate surface area is 126 Å². The van der Waals surface area contributed by atoms with Gasteiger partial charge in [0.1, 0.15) is 11.5 Å². The van der Waals surface area contributed by atoms with E-state index in [0.717, 1.165) is 30.4 Å². The van der Waals surface area contributed by atoms with Crippen LogP contribution in [0.5, 0.6) is 0 Å². The lowest BCUT2D eigenvalue weighted by atomic mass is 10.2. The molecule has 5 heteroatoms. The van der Waals surface area contributed by atoms with Crippen LogP contribution in [0.3, 0.4) is 0 Å². The van der Waals surface area contributed by atoms with E-state index >= 15 is 0 Å². The second kappa shape index (κ2) is 7.43. The highest BCUT2D eigenvalue weighted by atomic mass is 32.1. The van der Waals surface area contributed by atoms with Crippen molar-refractivity contribution in [3.05, 3.63) is 23.7 Å². The maximum Gasteiger partial charge on any atom is 0.186 e. The number of nitrogens with zero attached hydrogens (tertiary/aromatic N) is 1. The Morgan fingerprint density at radius 3 is 3.00 bits per heavy atom. The first kappa shape index (κ1) is 15.0. The van der Waals surface area contributed by atoms with Crippen LogP contribution in [0, 0.1) is 5.92 Å². The Morgan fingerprint density at radius 2 is 2.30 bits per heavy atom. The molecule has 1 aromatic heterocycles. The molecule has 2 rings (SSSR count). The van der Waals surface area contributed by atoms with Crippen molar-refractivity contribution in [3.8, 4) is 0 Å². The number of hydrogen-bond donors (Lipinski definition) is 2. The van der Waals surface area contributed by atoms with Crippen LogP contribution >= 0.6 is 12.2 Å². The topological polar surface area (TPSA) is 49.6 Å². The summed E-state index contributed by atoms with van der Waals surface area (Å²) in [6.45, 7) is 5.31. The van der Waals surface area contributed by atoms with Gasteiger partial charge in [-0.2, -0.15) is 5.10 Å². The zero-order chi connectivity index (χ0) is 14.4. The predicted octanol–water partition coefficient (Wildman–Crippen LogP) is 3.39. The van der Waals surface area contributed by atoms with Crippen molar-refractivity contribution in [2.45, 2.75) is 45.4 Å². The second-order valence-electron chi connectivity index (χ2n) is 5.39. The normalized spacial score (nSPS) is 21.1.